The molecule has 1 amide bonds. The van der Waals surface area contributed by atoms with E-state index in [1.165, 1.54) is 12.8 Å². The molecule has 0 radical (unpaired) electrons. The van der Waals surface area contributed by atoms with Gasteiger partial charge >= 0.3 is 0 Å². The Morgan fingerprint density at radius 3 is 2.95 bits per heavy atom. The molecule has 2 aromatic rings. The molecule has 5 heteroatoms. The highest BCUT2D eigenvalue weighted by molar-refractivity contribution is 5.79. The van der Waals surface area contributed by atoms with Gasteiger partial charge in [-0.3, -0.25) is 4.79 Å². The summed E-state index contributed by atoms with van der Waals surface area (Å²) in [6.07, 6.45) is 4.60. The second-order valence-electron chi connectivity index (χ2n) is 5.20. The Morgan fingerprint density at radius 1 is 1.35 bits per heavy atom. The number of carbonyl (C=O) groups excluding carboxylic acids is 1. The standard InChI is InChI=1S/C15H22N4O/c1-3-4-5-8-12(2)16-15(20)11-19-14-10-7-6-9-13(14)17-18-19/h6-7,9-10,12H,3-5,8,11H2,1-2H3,(H,16,20). The fourth-order valence-corrected chi connectivity index (χ4v) is 2.26. The summed E-state index contributed by atoms with van der Waals surface area (Å²) in [5, 5.41) is 11.1. The summed E-state index contributed by atoms with van der Waals surface area (Å²) >= 11 is 0. The second-order valence-corrected chi connectivity index (χ2v) is 5.20. The summed E-state index contributed by atoms with van der Waals surface area (Å²) in [6.45, 7) is 4.45. The van der Waals surface area contributed by atoms with Crippen LogP contribution in [0.5, 0.6) is 0 Å². The molecule has 20 heavy (non-hydrogen) atoms. The molecule has 0 spiro atoms. The number of unbranched alkanes of at least 4 members (excludes halogenated alkanes) is 2. The minimum Gasteiger partial charge on any atom is -0.352 e. The molecule has 1 N–H and O–H groups in total. The first-order valence-electron chi connectivity index (χ1n) is 7.28. The van der Waals surface area contributed by atoms with Crippen molar-refractivity contribution in [2.45, 2.75) is 52.1 Å². The first kappa shape index (κ1) is 14.5. The van der Waals surface area contributed by atoms with E-state index < -0.39 is 0 Å². The lowest BCUT2D eigenvalue weighted by atomic mass is 10.1. The largest absolute Gasteiger partial charge is 0.352 e. The number of hydrogen-bond donors (Lipinski definition) is 1. The topological polar surface area (TPSA) is 59.8 Å². The van der Waals surface area contributed by atoms with Crippen LogP contribution in [0.25, 0.3) is 11.0 Å². The van der Waals surface area contributed by atoms with Gasteiger partial charge < -0.3 is 5.32 Å². The van der Waals surface area contributed by atoms with Crippen molar-refractivity contribution in [3.05, 3.63) is 24.3 Å². The van der Waals surface area contributed by atoms with Gasteiger partial charge in [0.05, 0.1) is 5.52 Å². The van der Waals surface area contributed by atoms with Gasteiger partial charge in [0.25, 0.3) is 0 Å². The quantitative estimate of drug-likeness (QED) is 0.789. The van der Waals surface area contributed by atoms with Gasteiger partial charge in [-0.2, -0.15) is 0 Å². The van der Waals surface area contributed by atoms with Crippen molar-refractivity contribution in [1.29, 1.82) is 0 Å². The third-order valence-electron chi connectivity index (χ3n) is 3.36. The molecule has 1 aromatic carbocycles. The van der Waals surface area contributed by atoms with Crippen LogP contribution < -0.4 is 5.32 Å². The average molecular weight is 274 g/mol. The molecule has 0 aliphatic carbocycles. The number of amides is 1. The van der Waals surface area contributed by atoms with Gasteiger partial charge in [-0.1, -0.05) is 43.5 Å². The van der Waals surface area contributed by atoms with Crippen molar-refractivity contribution < 1.29 is 4.79 Å². The van der Waals surface area contributed by atoms with Crippen LogP contribution in [-0.4, -0.2) is 26.9 Å². The molecule has 1 heterocycles. The minimum absolute atomic E-state index is 0.00958. The minimum atomic E-state index is -0.00958. The van der Waals surface area contributed by atoms with Crippen molar-refractivity contribution in [1.82, 2.24) is 20.3 Å². The van der Waals surface area contributed by atoms with Crippen molar-refractivity contribution in [3.63, 3.8) is 0 Å². The van der Waals surface area contributed by atoms with E-state index in [4.69, 9.17) is 0 Å². The monoisotopic (exact) mass is 274 g/mol. The maximum absolute atomic E-state index is 12.0. The van der Waals surface area contributed by atoms with Crippen LogP contribution in [0.3, 0.4) is 0 Å². The molecule has 0 saturated carbocycles. The number of carbonyl (C=O) groups is 1. The van der Waals surface area contributed by atoms with Crippen LogP contribution in [0.2, 0.25) is 0 Å². The molecular formula is C15H22N4O. The van der Waals surface area contributed by atoms with Gasteiger partial charge in [0.1, 0.15) is 12.1 Å². The molecule has 0 fully saturated rings. The van der Waals surface area contributed by atoms with E-state index in [9.17, 15) is 4.79 Å². The van der Waals surface area contributed by atoms with Gasteiger partial charge in [0, 0.05) is 6.04 Å². The normalized spacial score (nSPS) is 12.5. The molecule has 0 bridgehead atoms. The van der Waals surface area contributed by atoms with E-state index in [2.05, 4.69) is 22.6 Å². The van der Waals surface area contributed by atoms with Crippen LogP contribution in [0.1, 0.15) is 39.5 Å². The Bertz CT molecular complexity index is 564. The van der Waals surface area contributed by atoms with Crippen molar-refractivity contribution in [2.24, 2.45) is 0 Å². The van der Waals surface area contributed by atoms with Crippen LogP contribution in [0, 0.1) is 0 Å². The van der Waals surface area contributed by atoms with Crippen LogP contribution in [0.15, 0.2) is 24.3 Å². The number of benzene rings is 1. The van der Waals surface area contributed by atoms with E-state index in [1.807, 2.05) is 31.2 Å². The highest BCUT2D eigenvalue weighted by atomic mass is 16.2. The number of fused-ring (bicyclic) bond motifs is 1. The van der Waals surface area contributed by atoms with Crippen LogP contribution in [-0.2, 0) is 11.3 Å². The van der Waals surface area contributed by atoms with Gasteiger partial charge in [0.15, 0.2) is 0 Å². The fourth-order valence-electron chi connectivity index (χ4n) is 2.26. The van der Waals surface area contributed by atoms with Gasteiger partial charge in [0.2, 0.25) is 5.91 Å². The first-order valence-corrected chi connectivity index (χ1v) is 7.28. The maximum atomic E-state index is 12.0. The predicted octanol–water partition coefficient (Wildman–Crippen LogP) is 2.52. The molecule has 0 saturated heterocycles. The van der Waals surface area contributed by atoms with Crippen LogP contribution in [0.4, 0.5) is 0 Å². The number of rotatable bonds is 7. The van der Waals surface area contributed by atoms with E-state index in [0.29, 0.717) is 0 Å². The Balaban J connectivity index is 1.88. The molecule has 0 aliphatic rings. The van der Waals surface area contributed by atoms with Crippen molar-refractivity contribution in [3.8, 4) is 0 Å². The summed E-state index contributed by atoms with van der Waals surface area (Å²) in [7, 11) is 0. The van der Waals surface area contributed by atoms with E-state index in [-0.39, 0.29) is 18.5 Å². The third kappa shape index (κ3) is 3.79. The third-order valence-corrected chi connectivity index (χ3v) is 3.36. The average Bonchev–Trinajstić information content (AvgIpc) is 2.82. The van der Waals surface area contributed by atoms with Gasteiger partial charge in [-0.15, -0.1) is 5.10 Å². The molecule has 5 nitrogen and oxygen atoms in total. The zero-order valence-electron chi connectivity index (χ0n) is 12.2. The SMILES string of the molecule is CCCCCC(C)NC(=O)Cn1nnc2ccccc21. The molecule has 0 aliphatic heterocycles. The van der Waals surface area contributed by atoms with Crippen molar-refractivity contribution >= 4 is 16.9 Å². The second kappa shape index (κ2) is 7.03. The summed E-state index contributed by atoms with van der Waals surface area (Å²) < 4.78 is 1.64. The number of nitrogens with one attached hydrogen (secondary N) is 1. The number of hydrogen-bond acceptors (Lipinski definition) is 3. The fraction of sp³-hybridized carbons (Fsp3) is 0.533. The molecular weight excluding hydrogens is 252 g/mol. The first-order chi connectivity index (χ1) is 9.70. The zero-order chi connectivity index (χ0) is 14.4. The Kier molecular flexibility index (Phi) is 5.09. The molecule has 1 atom stereocenters. The zero-order valence-corrected chi connectivity index (χ0v) is 12.2. The highest BCUT2D eigenvalue weighted by Crippen LogP contribution is 2.09. The number of aromatic nitrogens is 3. The van der Waals surface area contributed by atoms with E-state index in [1.54, 1.807) is 4.68 Å². The number of nitrogens with zero attached hydrogens (tertiary/aromatic N) is 3. The lowest BCUT2D eigenvalue weighted by molar-refractivity contribution is -0.122. The van der Waals surface area contributed by atoms with E-state index in [0.717, 1.165) is 23.9 Å². The molecule has 1 unspecified atom stereocenters. The summed E-state index contributed by atoms with van der Waals surface area (Å²) in [5.74, 6) is -0.00958. The van der Waals surface area contributed by atoms with Crippen molar-refractivity contribution in [2.75, 3.05) is 0 Å². The number of para-hydroxylation sites is 1. The molecule has 2 rings (SSSR count). The molecule has 108 valence electrons. The maximum Gasteiger partial charge on any atom is 0.242 e. The van der Waals surface area contributed by atoms with Gasteiger partial charge in [-0.05, 0) is 25.5 Å². The summed E-state index contributed by atoms with van der Waals surface area (Å²) in [6, 6.07) is 7.87. The summed E-state index contributed by atoms with van der Waals surface area (Å²) in [5.41, 5.74) is 1.71. The lowest BCUT2D eigenvalue weighted by Gasteiger charge is -2.13. The Hall–Kier alpha value is -1.91. The summed E-state index contributed by atoms with van der Waals surface area (Å²) in [4.78, 5) is 12.0. The Labute approximate surface area is 119 Å². The Morgan fingerprint density at radius 2 is 2.15 bits per heavy atom. The van der Waals surface area contributed by atoms with E-state index >= 15 is 0 Å². The lowest BCUT2D eigenvalue weighted by Crippen LogP contribution is -2.35. The smallest absolute Gasteiger partial charge is 0.242 e. The highest BCUT2D eigenvalue weighted by Gasteiger charge is 2.10. The molecule has 1 aromatic heterocycles. The predicted molar refractivity (Wildman–Crippen MR) is 79.3 cm³/mol. The van der Waals surface area contributed by atoms with Gasteiger partial charge in [-0.25, -0.2) is 4.68 Å². The van der Waals surface area contributed by atoms with Crippen LogP contribution >= 0.6 is 0 Å².